The van der Waals surface area contributed by atoms with Crippen LogP contribution in [0.15, 0.2) is 18.2 Å². The van der Waals surface area contributed by atoms with E-state index in [1.54, 1.807) is 12.1 Å². The van der Waals surface area contributed by atoms with Crippen molar-refractivity contribution >= 4 is 28.1 Å². The molecule has 1 aromatic carbocycles. The molecule has 0 bridgehead atoms. The van der Waals surface area contributed by atoms with Gasteiger partial charge in [-0.15, -0.1) is 0 Å². The predicted molar refractivity (Wildman–Crippen MR) is 85.7 cm³/mol. The third kappa shape index (κ3) is 4.82. The van der Waals surface area contributed by atoms with E-state index in [0.29, 0.717) is 24.7 Å². The SMILES string of the molecule is Cc1ccc(N)cc1NC(=O)CCS(=O)C1CCOCC1. The zero-order chi connectivity index (χ0) is 15.2. The van der Waals surface area contributed by atoms with Crippen molar-refractivity contribution in [2.75, 3.05) is 30.0 Å². The summed E-state index contributed by atoms with van der Waals surface area (Å²) in [4.78, 5) is 12.0. The summed E-state index contributed by atoms with van der Waals surface area (Å²) in [5, 5.41) is 3.00. The van der Waals surface area contributed by atoms with Gasteiger partial charge in [-0.05, 0) is 37.5 Å². The number of nitrogens with two attached hydrogens (primary N) is 1. The quantitative estimate of drug-likeness (QED) is 0.813. The number of benzene rings is 1. The smallest absolute Gasteiger partial charge is 0.225 e. The molecule has 6 heteroatoms. The molecule has 3 N–H and O–H groups in total. The Morgan fingerprint density at radius 2 is 2.14 bits per heavy atom. The van der Waals surface area contributed by atoms with Crippen molar-refractivity contribution in [1.82, 2.24) is 0 Å². The normalized spacial score (nSPS) is 17.4. The van der Waals surface area contributed by atoms with Crippen molar-refractivity contribution in [2.24, 2.45) is 0 Å². The molecule has 1 saturated heterocycles. The van der Waals surface area contributed by atoms with Crippen LogP contribution in [0.5, 0.6) is 0 Å². The molecule has 1 aliphatic heterocycles. The van der Waals surface area contributed by atoms with Gasteiger partial charge >= 0.3 is 0 Å². The number of nitrogen functional groups attached to an aromatic ring is 1. The Morgan fingerprint density at radius 1 is 1.43 bits per heavy atom. The van der Waals surface area contributed by atoms with Crippen LogP contribution in [0.2, 0.25) is 0 Å². The lowest BCUT2D eigenvalue weighted by atomic mass is 10.2. The van der Waals surface area contributed by atoms with E-state index < -0.39 is 10.8 Å². The highest BCUT2D eigenvalue weighted by Gasteiger charge is 2.20. The molecule has 1 aliphatic rings. The fourth-order valence-corrected chi connectivity index (χ4v) is 3.72. The molecule has 1 amide bonds. The highest BCUT2D eigenvalue weighted by atomic mass is 32.2. The maximum absolute atomic E-state index is 12.1. The van der Waals surface area contributed by atoms with Gasteiger partial charge in [-0.2, -0.15) is 0 Å². The third-order valence-electron chi connectivity index (χ3n) is 3.61. The Morgan fingerprint density at radius 3 is 2.86 bits per heavy atom. The molecule has 1 fully saturated rings. The average Bonchev–Trinajstić information content (AvgIpc) is 2.49. The van der Waals surface area contributed by atoms with Crippen LogP contribution in [-0.4, -0.2) is 34.3 Å². The van der Waals surface area contributed by atoms with Crippen LogP contribution in [0.4, 0.5) is 11.4 Å². The van der Waals surface area contributed by atoms with Crippen LogP contribution >= 0.6 is 0 Å². The standard InChI is InChI=1S/C15H22N2O3S/c1-11-2-3-12(16)10-14(11)17-15(18)6-9-21(19)13-4-7-20-8-5-13/h2-3,10,13H,4-9,16H2,1H3,(H,17,18). The summed E-state index contributed by atoms with van der Waals surface area (Å²) < 4.78 is 17.4. The van der Waals surface area contributed by atoms with Gasteiger partial charge in [-0.3, -0.25) is 9.00 Å². The minimum Gasteiger partial charge on any atom is -0.399 e. The first-order valence-corrected chi connectivity index (χ1v) is 8.55. The van der Waals surface area contributed by atoms with Gasteiger partial charge < -0.3 is 15.8 Å². The van der Waals surface area contributed by atoms with E-state index in [1.165, 1.54) is 0 Å². The molecule has 1 unspecified atom stereocenters. The van der Waals surface area contributed by atoms with Gasteiger partial charge in [-0.1, -0.05) is 6.07 Å². The van der Waals surface area contributed by atoms with Gasteiger partial charge in [0.1, 0.15) is 0 Å². The highest BCUT2D eigenvalue weighted by molar-refractivity contribution is 7.85. The van der Waals surface area contributed by atoms with Gasteiger partial charge in [0, 0.05) is 52.8 Å². The Kier molecular flexibility index (Phi) is 5.76. The van der Waals surface area contributed by atoms with Crippen molar-refractivity contribution in [3.8, 4) is 0 Å². The first-order valence-electron chi connectivity index (χ1n) is 7.17. The molecule has 0 spiro atoms. The number of rotatable bonds is 5. The van der Waals surface area contributed by atoms with Crippen LogP contribution in [0, 0.1) is 6.92 Å². The van der Waals surface area contributed by atoms with Crippen LogP contribution in [0.3, 0.4) is 0 Å². The van der Waals surface area contributed by atoms with E-state index in [0.717, 1.165) is 24.1 Å². The number of ether oxygens (including phenoxy) is 1. The first kappa shape index (κ1) is 16.0. The van der Waals surface area contributed by atoms with E-state index in [4.69, 9.17) is 10.5 Å². The van der Waals surface area contributed by atoms with Gasteiger partial charge in [0.25, 0.3) is 0 Å². The number of amides is 1. The molecular weight excluding hydrogens is 288 g/mol. The fraction of sp³-hybridized carbons (Fsp3) is 0.533. The Hall–Kier alpha value is -1.40. The molecule has 2 rings (SSSR count). The zero-order valence-corrected chi connectivity index (χ0v) is 13.1. The number of carbonyl (C=O) groups excluding carboxylic acids is 1. The van der Waals surface area contributed by atoms with Crippen LogP contribution in [0.25, 0.3) is 0 Å². The van der Waals surface area contributed by atoms with Gasteiger partial charge in [-0.25, -0.2) is 0 Å². The molecule has 1 atom stereocenters. The van der Waals surface area contributed by atoms with Crippen molar-refractivity contribution in [2.45, 2.75) is 31.4 Å². The van der Waals surface area contributed by atoms with Crippen molar-refractivity contribution in [1.29, 1.82) is 0 Å². The number of carbonyl (C=O) groups is 1. The second-order valence-corrected chi connectivity index (χ2v) is 7.11. The summed E-state index contributed by atoms with van der Waals surface area (Å²) in [6.07, 6.45) is 1.91. The van der Waals surface area contributed by atoms with E-state index in [-0.39, 0.29) is 17.6 Å². The monoisotopic (exact) mass is 310 g/mol. The molecule has 0 aromatic heterocycles. The van der Waals surface area contributed by atoms with Crippen molar-refractivity contribution in [3.05, 3.63) is 23.8 Å². The maximum atomic E-state index is 12.1. The maximum Gasteiger partial charge on any atom is 0.225 e. The van der Waals surface area contributed by atoms with Gasteiger partial charge in [0.05, 0.1) is 0 Å². The summed E-state index contributed by atoms with van der Waals surface area (Å²) >= 11 is 0. The molecule has 1 aromatic rings. The topological polar surface area (TPSA) is 81.4 Å². The third-order valence-corrected chi connectivity index (χ3v) is 5.43. The lowest BCUT2D eigenvalue weighted by Crippen LogP contribution is -2.27. The number of anilines is 2. The Labute approximate surface area is 127 Å². The first-order chi connectivity index (χ1) is 10.1. The van der Waals surface area contributed by atoms with Crippen molar-refractivity contribution in [3.63, 3.8) is 0 Å². The lowest BCUT2D eigenvalue weighted by Gasteiger charge is -2.21. The van der Waals surface area contributed by atoms with E-state index >= 15 is 0 Å². The van der Waals surface area contributed by atoms with Gasteiger partial charge in [0.15, 0.2) is 0 Å². The second kappa shape index (κ2) is 7.56. The van der Waals surface area contributed by atoms with E-state index in [9.17, 15) is 9.00 Å². The Bertz CT molecular complexity index is 528. The number of aryl methyl sites for hydroxylation is 1. The highest BCUT2D eigenvalue weighted by Crippen LogP contribution is 2.19. The van der Waals surface area contributed by atoms with E-state index in [2.05, 4.69) is 5.32 Å². The van der Waals surface area contributed by atoms with Gasteiger partial charge in [0.2, 0.25) is 5.91 Å². The molecule has 0 saturated carbocycles. The summed E-state index contributed by atoms with van der Waals surface area (Å²) in [6, 6.07) is 5.40. The minimum atomic E-state index is -0.960. The molecule has 1 heterocycles. The average molecular weight is 310 g/mol. The summed E-state index contributed by atoms with van der Waals surface area (Å²) in [6.45, 7) is 3.26. The second-order valence-electron chi connectivity index (χ2n) is 5.27. The number of nitrogens with one attached hydrogen (secondary N) is 1. The van der Waals surface area contributed by atoms with Crippen molar-refractivity contribution < 1.29 is 13.7 Å². The molecule has 116 valence electrons. The summed E-state index contributed by atoms with van der Waals surface area (Å²) in [5.74, 6) is 0.279. The van der Waals surface area contributed by atoms with Crippen LogP contribution < -0.4 is 11.1 Å². The minimum absolute atomic E-state index is 0.121. The summed E-state index contributed by atoms with van der Waals surface area (Å²) in [5.41, 5.74) is 8.00. The summed E-state index contributed by atoms with van der Waals surface area (Å²) in [7, 11) is -0.960. The van der Waals surface area contributed by atoms with Crippen LogP contribution in [0.1, 0.15) is 24.8 Å². The molecule has 5 nitrogen and oxygen atoms in total. The number of hydrogen-bond acceptors (Lipinski definition) is 4. The van der Waals surface area contributed by atoms with Crippen LogP contribution in [-0.2, 0) is 20.3 Å². The van der Waals surface area contributed by atoms with E-state index in [1.807, 2.05) is 13.0 Å². The Balaban J connectivity index is 1.81. The largest absolute Gasteiger partial charge is 0.399 e. The zero-order valence-electron chi connectivity index (χ0n) is 12.3. The fourth-order valence-electron chi connectivity index (χ4n) is 2.29. The molecule has 0 aliphatic carbocycles. The molecule has 21 heavy (non-hydrogen) atoms. The predicted octanol–water partition coefficient (Wildman–Crippen LogP) is 1.83. The molecule has 0 radical (unpaired) electrons. The molecular formula is C15H22N2O3S. The number of hydrogen-bond donors (Lipinski definition) is 2. The lowest BCUT2D eigenvalue weighted by molar-refractivity contribution is -0.115.